The largest absolute Gasteiger partial charge is 0.452 e. The van der Waals surface area contributed by atoms with Gasteiger partial charge in [0.2, 0.25) is 0 Å². The van der Waals surface area contributed by atoms with Crippen molar-refractivity contribution < 1.29 is 14.3 Å². The first-order valence-electron chi connectivity index (χ1n) is 8.40. The lowest BCUT2D eigenvalue weighted by atomic mass is 9.65. The topological polar surface area (TPSA) is 46.6 Å². The van der Waals surface area contributed by atoms with Crippen LogP contribution in [0, 0.1) is 10.8 Å². The molecule has 1 aliphatic carbocycles. The van der Waals surface area contributed by atoms with Crippen molar-refractivity contribution >= 4 is 23.5 Å². The number of ether oxygens (including phenoxy) is 1. The van der Waals surface area contributed by atoms with Crippen LogP contribution in [0.1, 0.15) is 50.4 Å². The van der Waals surface area contributed by atoms with Gasteiger partial charge in [0.25, 0.3) is 5.91 Å². The number of esters is 1. The summed E-state index contributed by atoms with van der Waals surface area (Å²) >= 11 is 5.99. The van der Waals surface area contributed by atoms with Crippen molar-refractivity contribution in [2.75, 3.05) is 13.2 Å². The van der Waals surface area contributed by atoms with Crippen LogP contribution in [0.4, 0.5) is 0 Å². The molecule has 0 N–H and O–H groups in total. The Morgan fingerprint density at radius 2 is 1.96 bits per heavy atom. The number of amides is 1. The number of nitrogens with zero attached hydrogens (tertiary/aromatic N) is 1. The molecule has 1 aromatic rings. The van der Waals surface area contributed by atoms with Gasteiger partial charge in [0.15, 0.2) is 6.61 Å². The van der Waals surface area contributed by atoms with Crippen molar-refractivity contribution in [3.63, 3.8) is 0 Å². The number of hydrogen-bond donors (Lipinski definition) is 0. The Morgan fingerprint density at radius 1 is 1.25 bits per heavy atom. The minimum absolute atomic E-state index is 0.109. The summed E-state index contributed by atoms with van der Waals surface area (Å²) in [4.78, 5) is 26.6. The Kier molecular flexibility index (Phi) is 4.37. The zero-order chi connectivity index (χ0) is 17.5. The lowest BCUT2D eigenvalue weighted by Gasteiger charge is -2.39. The molecule has 1 saturated carbocycles. The maximum absolute atomic E-state index is 12.6. The Hall–Kier alpha value is -1.55. The second-order valence-corrected chi connectivity index (χ2v) is 8.70. The smallest absolute Gasteiger partial charge is 0.340 e. The van der Waals surface area contributed by atoms with Gasteiger partial charge in [-0.2, -0.15) is 0 Å². The van der Waals surface area contributed by atoms with E-state index in [1.165, 1.54) is 0 Å². The first kappa shape index (κ1) is 17.3. The highest BCUT2D eigenvalue weighted by Crippen LogP contribution is 2.52. The Balaban J connectivity index is 1.62. The van der Waals surface area contributed by atoms with E-state index in [4.69, 9.17) is 16.3 Å². The standard InChI is InChI=1S/C19H24ClNO3/c1-18(2)8-13-9-19(3,11-18)12-21(13)16(22)10-24-17(23)14-6-4-5-7-15(14)20/h4-7,13H,8-12H2,1-3H3/t13-,19+/m1/s1. The van der Waals surface area contributed by atoms with Crippen molar-refractivity contribution in [3.05, 3.63) is 34.9 Å². The van der Waals surface area contributed by atoms with Gasteiger partial charge in [-0.25, -0.2) is 4.79 Å². The average molecular weight is 350 g/mol. The SMILES string of the molecule is CC1(C)C[C@@H]2C[C@](C)(CN2C(=O)COC(=O)c2ccccc2Cl)C1. The number of benzene rings is 1. The van der Waals surface area contributed by atoms with Gasteiger partial charge in [-0.3, -0.25) is 4.79 Å². The molecule has 1 amide bonds. The molecule has 0 radical (unpaired) electrons. The minimum atomic E-state index is -0.553. The lowest BCUT2D eigenvalue weighted by molar-refractivity contribution is -0.135. The van der Waals surface area contributed by atoms with E-state index in [0.717, 1.165) is 25.8 Å². The lowest BCUT2D eigenvalue weighted by Crippen LogP contribution is -2.39. The second-order valence-electron chi connectivity index (χ2n) is 8.29. The number of halogens is 1. The third kappa shape index (κ3) is 3.44. The number of fused-ring (bicyclic) bond motifs is 2. The number of carbonyl (C=O) groups is 2. The minimum Gasteiger partial charge on any atom is -0.452 e. The van der Waals surface area contributed by atoms with Crippen LogP contribution >= 0.6 is 11.6 Å². The monoisotopic (exact) mass is 349 g/mol. The van der Waals surface area contributed by atoms with Crippen molar-refractivity contribution in [2.45, 2.75) is 46.1 Å². The fourth-order valence-corrected chi connectivity index (χ4v) is 4.88. The average Bonchev–Trinajstić information content (AvgIpc) is 2.74. The molecule has 4 nitrogen and oxygen atoms in total. The van der Waals surface area contributed by atoms with E-state index in [1.807, 2.05) is 4.90 Å². The molecule has 2 bridgehead atoms. The fourth-order valence-electron chi connectivity index (χ4n) is 4.67. The molecule has 3 rings (SSSR count). The van der Waals surface area contributed by atoms with Crippen LogP contribution in [0.3, 0.4) is 0 Å². The first-order chi connectivity index (χ1) is 11.2. The summed E-state index contributed by atoms with van der Waals surface area (Å²) in [6.45, 7) is 7.32. The van der Waals surface area contributed by atoms with E-state index in [-0.39, 0.29) is 29.4 Å². The Labute approximate surface area is 148 Å². The van der Waals surface area contributed by atoms with Gasteiger partial charge in [-0.05, 0) is 42.2 Å². The van der Waals surface area contributed by atoms with Gasteiger partial charge in [0.05, 0.1) is 10.6 Å². The van der Waals surface area contributed by atoms with Crippen LogP contribution in [0.5, 0.6) is 0 Å². The van der Waals surface area contributed by atoms with E-state index >= 15 is 0 Å². The maximum atomic E-state index is 12.6. The molecule has 1 aromatic carbocycles. The fraction of sp³-hybridized carbons (Fsp3) is 0.579. The van der Waals surface area contributed by atoms with Crippen LogP contribution in [0.2, 0.25) is 5.02 Å². The molecule has 0 spiro atoms. The third-order valence-corrected chi connectivity index (χ3v) is 5.49. The van der Waals surface area contributed by atoms with Crippen molar-refractivity contribution in [2.24, 2.45) is 10.8 Å². The van der Waals surface area contributed by atoms with E-state index in [2.05, 4.69) is 20.8 Å². The maximum Gasteiger partial charge on any atom is 0.340 e. The van der Waals surface area contributed by atoms with Crippen LogP contribution in [-0.2, 0) is 9.53 Å². The molecule has 2 atom stereocenters. The molecule has 130 valence electrons. The molecule has 2 aliphatic rings. The number of rotatable bonds is 3. The zero-order valence-electron chi connectivity index (χ0n) is 14.5. The highest BCUT2D eigenvalue weighted by Gasteiger charge is 2.50. The number of hydrogen-bond acceptors (Lipinski definition) is 3. The van der Waals surface area contributed by atoms with E-state index in [9.17, 15) is 9.59 Å². The van der Waals surface area contributed by atoms with E-state index in [0.29, 0.717) is 10.6 Å². The molecule has 24 heavy (non-hydrogen) atoms. The van der Waals surface area contributed by atoms with Crippen LogP contribution in [0.15, 0.2) is 24.3 Å². The van der Waals surface area contributed by atoms with Gasteiger partial charge in [0.1, 0.15) is 0 Å². The normalized spacial score (nSPS) is 27.8. The highest BCUT2D eigenvalue weighted by atomic mass is 35.5. The molecule has 0 unspecified atom stereocenters. The summed E-state index contributed by atoms with van der Waals surface area (Å²) in [5.41, 5.74) is 0.718. The predicted molar refractivity (Wildman–Crippen MR) is 93.0 cm³/mol. The molecule has 0 aromatic heterocycles. The van der Waals surface area contributed by atoms with Crippen molar-refractivity contribution in [1.29, 1.82) is 0 Å². The molecular formula is C19H24ClNO3. The summed E-state index contributed by atoms with van der Waals surface area (Å²) in [7, 11) is 0. The van der Waals surface area contributed by atoms with Gasteiger partial charge < -0.3 is 9.64 Å². The summed E-state index contributed by atoms with van der Waals surface area (Å²) in [6.07, 6.45) is 3.17. The van der Waals surface area contributed by atoms with Crippen LogP contribution in [-0.4, -0.2) is 36.0 Å². The Bertz CT molecular complexity index is 672. The summed E-state index contributed by atoms with van der Waals surface area (Å²) in [5, 5.41) is 0.334. The summed E-state index contributed by atoms with van der Waals surface area (Å²) in [5.74, 6) is -0.663. The molecule has 1 aliphatic heterocycles. The summed E-state index contributed by atoms with van der Waals surface area (Å²) < 4.78 is 5.20. The predicted octanol–water partition coefficient (Wildman–Crippen LogP) is 3.92. The van der Waals surface area contributed by atoms with Gasteiger partial charge >= 0.3 is 5.97 Å². The molecular weight excluding hydrogens is 326 g/mol. The van der Waals surface area contributed by atoms with Gasteiger partial charge in [-0.15, -0.1) is 0 Å². The first-order valence-corrected chi connectivity index (χ1v) is 8.78. The molecule has 2 fully saturated rings. The third-order valence-electron chi connectivity index (χ3n) is 5.16. The molecule has 5 heteroatoms. The van der Waals surface area contributed by atoms with E-state index < -0.39 is 5.97 Å². The van der Waals surface area contributed by atoms with E-state index in [1.54, 1.807) is 24.3 Å². The zero-order valence-corrected chi connectivity index (χ0v) is 15.2. The van der Waals surface area contributed by atoms with Crippen LogP contribution < -0.4 is 0 Å². The van der Waals surface area contributed by atoms with Gasteiger partial charge in [-0.1, -0.05) is 44.5 Å². The number of carbonyl (C=O) groups excluding carboxylic acids is 2. The quantitative estimate of drug-likeness (QED) is 0.777. The van der Waals surface area contributed by atoms with Crippen molar-refractivity contribution in [1.82, 2.24) is 4.90 Å². The van der Waals surface area contributed by atoms with Crippen molar-refractivity contribution in [3.8, 4) is 0 Å². The second kappa shape index (κ2) is 6.07. The summed E-state index contributed by atoms with van der Waals surface area (Å²) in [6, 6.07) is 6.95. The molecule has 1 heterocycles. The highest BCUT2D eigenvalue weighted by molar-refractivity contribution is 6.33. The van der Waals surface area contributed by atoms with Crippen LogP contribution in [0.25, 0.3) is 0 Å². The number of likely N-dealkylation sites (tertiary alicyclic amines) is 1. The molecule has 1 saturated heterocycles. The Morgan fingerprint density at radius 3 is 2.67 bits per heavy atom. The van der Waals surface area contributed by atoms with Gasteiger partial charge in [0, 0.05) is 12.6 Å².